The molecule has 0 amide bonds. The van der Waals surface area contributed by atoms with Gasteiger partial charge in [0.2, 0.25) is 0 Å². The van der Waals surface area contributed by atoms with Gasteiger partial charge < -0.3 is 10.2 Å². The molecule has 0 saturated heterocycles. The molecule has 1 aromatic carbocycles. The molecule has 1 rings (SSSR count). The minimum absolute atomic E-state index is 0.404. The second kappa shape index (κ2) is 8.55. The maximum absolute atomic E-state index is 3.73. The number of benzene rings is 1. The topological polar surface area (TPSA) is 15.3 Å². The Morgan fingerprint density at radius 2 is 1.67 bits per heavy atom. The van der Waals surface area contributed by atoms with Crippen LogP contribution in [0.15, 0.2) is 18.2 Å². The van der Waals surface area contributed by atoms with Crippen LogP contribution in [0.1, 0.15) is 56.3 Å². The molecule has 1 aromatic rings. The normalized spacial score (nSPS) is 14.7. The van der Waals surface area contributed by atoms with E-state index < -0.39 is 0 Å². The summed E-state index contributed by atoms with van der Waals surface area (Å²) in [6.45, 7) is 12.3. The van der Waals surface area contributed by atoms with Gasteiger partial charge in [-0.1, -0.05) is 44.9 Å². The zero-order valence-corrected chi connectivity index (χ0v) is 15.0. The molecule has 0 spiro atoms. The lowest BCUT2D eigenvalue weighted by Crippen LogP contribution is -2.43. The monoisotopic (exact) mass is 290 g/mol. The van der Waals surface area contributed by atoms with E-state index >= 15 is 0 Å². The highest BCUT2D eigenvalue weighted by Gasteiger charge is 2.21. The van der Waals surface area contributed by atoms with Gasteiger partial charge in [0.1, 0.15) is 0 Å². The highest BCUT2D eigenvalue weighted by atomic mass is 15.1. The van der Waals surface area contributed by atoms with Crippen molar-refractivity contribution in [2.45, 2.75) is 59.5 Å². The number of likely N-dealkylation sites (N-methyl/N-ethyl adjacent to an activating group) is 1. The Bertz CT molecular complexity index is 422. The lowest BCUT2D eigenvalue weighted by Gasteiger charge is -2.32. The van der Waals surface area contributed by atoms with Gasteiger partial charge in [0.15, 0.2) is 0 Å². The quantitative estimate of drug-likeness (QED) is 0.767. The molecule has 0 aromatic heterocycles. The largest absolute Gasteiger partial charge is 0.309 e. The van der Waals surface area contributed by atoms with E-state index in [1.165, 1.54) is 29.5 Å². The van der Waals surface area contributed by atoms with Gasteiger partial charge in [-0.05, 0) is 57.5 Å². The molecule has 21 heavy (non-hydrogen) atoms. The molecular formula is C19H34N2. The van der Waals surface area contributed by atoms with E-state index in [-0.39, 0.29) is 0 Å². The lowest BCUT2D eigenvalue weighted by molar-refractivity contribution is 0.190. The lowest BCUT2D eigenvalue weighted by atomic mass is 9.92. The molecule has 2 nitrogen and oxygen atoms in total. The summed E-state index contributed by atoms with van der Waals surface area (Å²) in [4.78, 5) is 2.37. The molecule has 2 unspecified atom stereocenters. The van der Waals surface area contributed by atoms with Gasteiger partial charge in [-0.2, -0.15) is 0 Å². The van der Waals surface area contributed by atoms with Crippen molar-refractivity contribution < 1.29 is 0 Å². The van der Waals surface area contributed by atoms with E-state index in [2.05, 4.69) is 77.1 Å². The van der Waals surface area contributed by atoms with Crippen LogP contribution in [0.4, 0.5) is 0 Å². The summed E-state index contributed by atoms with van der Waals surface area (Å²) in [6.07, 6.45) is 2.50. The molecule has 0 aliphatic rings. The van der Waals surface area contributed by atoms with Gasteiger partial charge in [-0.25, -0.2) is 0 Å². The average Bonchev–Trinajstić information content (AvgIpc) is 2.45. The highest BCUT2D eigenvalue weighted by molar-refractivity contribution is 5.31. The highest BCUT2D eigenvalue weighted by Crippen LogP contribution is 2.20. The first-order valence-electron chi connectivity index (χ1n) is 8.37. The number of nitrogens with zero attached hydrogens (tertiary/aromatic N) is 1. The first kappa shape index (κ1) is 18.2. The van der Waals surface area contributed by atoms with E-state index in [0.29, 0.717) is 12.1 Å². The first-order valence-corrected chi connectivity index (χ1v) is 8.37. The third kappa shape index (κ3) is 5.12. The van der Waals surface area contributed by atoms with Crippen molar-refractivity contribution in [3.63, 3.8) is 0 Å². The van der Waals surface area contributed by atoms with Gasteiger partial charge in [0.25, 0.3) is 0 Å². The van der Waals surface area contributed by atoms with Crippen molar-refractivity contribution in [1.29, 1.82) is 0 Å². The Balaban J connectivity index is 2.68. The molecule has 120 valence electrons. The fourth-order valence-electron chi connectivity index (χ4n) is 3.05. The predicted octanol–water partition coefficient (Wildman–Crippen LogP) is 4.32. The van der Waals surface area contributed by atoms with Crippen LogP contribution in [0, 0.1) is 19.8 Å². The summed E-state index contributed by atoms with van der Waals surface area (Å²) in [5.41, 5.74) is 4.14. The van der Waals surface area contributed by atoms with Gasteiger partial charge in [-0.3, -0.25) is 0 Å². The fourth-order valence-corrected chi connectivity index (χ4v) is 3.05. The van der Waals surface area contributed by atoms with Crippen molar-refractivity contribution in [1.82, 2.24) is 10.2 Å². The number of hydrogen-bond acceptors (Lipinski definition) is 2. The van der Waals surface area contributed by atoms with Crippen LogP contribution in [-0.4, -0.2) is 31.6 Å². The number of nitrogens with one attached hydrogen (secondary N) is 1. The minimum Gasteiger partial charge on any atom is -0.309 e. The molecule has 0 fully saturated rings. The van der Waals surface area contributed by atoms with Crippen LogP contribution < -0.4 is 5.32 Å². The predicted molar refractivity (Wildman–Crippen MR) is 93.9 cm³/mol. The van der Waals surface area contributed by atoms with E-state index in [0.717, 1.165) is 12.5 Å². The zero-order chi connectivity index (χ0) is 16.0. The Kier molecular flexibility index (Phi) is 7.41. The minimum atomic E-state index is 0.404. The van der Waals surface area contributed by atoms with Crippen molar-refractivity contribution in [3.8, 4) is 0 Å². The number of rotatable bonds is 8. The molecule has 0 heterocycles. The summed E-state index contributed by atoms with van der Waals surface area (Å²) in [7, 11) is 4.40. The maximum atomic E-state index is 3.73. The molecular weight excluding hydrogens is 256 g/mol. The van der Waals surface area contributed by atoms with Crippen LogP contribution >= 0.6 is 0 Å². The Labute approximate surface area is 131 Å². The molecule has 2 atom stereocenters. The molecule has 0 bridgehead atoms. The maximum Gasteiger partial charge on any atom is 0.0292 e. The van der Waals surface area contributed by atoms with E-state index in [9.17, 15) is 0 Å². The molecule has 2 heteroatoms. The summed E-state index contributed by atoms with van der Waals surface area (Å²) in [5.74, 6) is 0.763. The van der Waals surface area contributed by atoms with Gasteiger partial charge >= 0.3 is 0 Å². The number of aryl methyl sites for hydroxylation is 2. The van der Waals surface area contributed by atoms with Crippen LogP contribution in [-0.2, 0) is 0 Å². The van der Waals surface area contributed by atoms with Crippen LogP contribution in [0.25, 0.3) is 0 Å². The zero-order valence-electron chi connectivity index (χ0n) is 15.0. The molecule has 0 radical (unpaired) electrons. The smallest absolute Gasteiger partial charge is 0.0292 e. The molecule has 0 saturated carbocycles. The van der Waals surface area contributed by atoms with Crippen molar-refractivity contribution in [3.05, 3.63) is 34.9 Å². The van der Waals surface area contributed by atoms with Gasteiger partial charge in [0, 0.05) is 18.6 Å². The van der Waals surface area contributed by atoms with Crippen LogP contribution in [0.2, 0.25) is 0 Å². The third-order valence-corrected chi connectivity index (χ3v) is 4.92. The summed E-state index contributed by atoms with van der Waals surface area (Å²) < 4.78 is 0. The van der Waals surface area contributed by atoms with Gasteiger partial charge in [-0.15, -0.1) is 0 Å². The van der Waals surface area contributed by atoms with Crippen LogP contribution in [0.5, 0.6) is 0 Å². The first-order chi connectivity index (χ1) is 9.90. The molecule has 1 N–H and O–H groups in total. The summed E-state index contributed by atoms with van der Waals surface area (Å²) in [5, 5.41) is 3.73. The third-order valence-electron chi connectivity index (χ3n) is 4.92. The Hall–Kier alpha value is -0.860. The Morgan fingerprint density at radius 3 is 2.14 bits per heavy atom. The average molecular weight is 290 g/mol. The fraction of sp³-hybridized carbons (Fsp3) is 0.684. The molecule has 0 aliphatic carbocycles. The number of hydrogen-bond donors (Lipinski definition) is 1. The summed E-state index contributed by atoms with van der Waals surface area (Å²) >= 11 is 0. The molecule has 0 aliphatic heterocycles. The standard InChI is InChI=1S/C19H34N2/c1-8-17(9-2)19(21(6)7)13-20-16(5)18-11-10-14(3)15(4)12-18/h10-12,16-17,19-20H,8-9,13H2,1-7H3. The second-order valence-electron chi connectivity index (χ2n) is 6.58. The SMILES string of the molecule is CCC(CC)C(CNC(C)c1ccc(C)c(C)c1)N(C)C. The van der Waals surface area contributed by atoms with E-state index in [1.54, 1.807) is 0 Å². The van der Waals surface area contributed by atoms with E-state index in [4.69, 9.17) is 0 Å². The van der Waals surface area contributed by atoms with Crippen molar-refractivity contribution >= 4 is 0 Å². The van der Waals surface area contributed by atoms with Crippen molar-refractivity contribution in [2.75, 3.05) is 20.6 Å². The van der Waals surface area contributed by atoms with Crippen LogP contribution in [0.3, 0.4) is 0 Å². The summed E-state index contributed by atoms with van der Waals surface area (Å²) in [6, 6.07) is 7.80. The van der Waals surface area contributed by atoms with E-state index in [1.807, 2.05) is 0 Å². The second-order valence-corrected chi connectivity index (χ2v) is 6.58. The van der Waals surface area contributed by atoms with Gasteiger partial charge in [0.05, 0.1) is 0 Å². The van der Waals surface area contributed by atoms with Crippen molar-refractivity contribution in [2.24, 2.45) is 5.92 Å². The Morgan fingerprint density at radius 1 is 1.05 bits per heavy atom.